The molecule has 0 fully saturated rings. The molecule has 7 heteroatoms. The van der Waals surface area contributed by atoms with Gasteiger partial charge in [-0.3, -0.25) is 10.3 Å². The topological polar surface area (TPSA) is 94.3 Å². The maximum atomic E-state index is 10.5. The van der Waals surface area contributed by atoms with Crippen molar-refractivity contribution in [1.82, 2.24) is 9.97 Å². The average Bonchev–Trinajstić information content (AvgIpc) is 2.73. The van der Waals surface area contributed by atoms with E-state index >= 15 is 0 Å². The first-order valence-electron chi connectivity index (χ1n) is 9.59. The molecule has 3 aromatic rings. The molecule has 2 N–H and O–H groups in total. The molecule has 0 unspecified atom stereocenters. The van der Waals surface area contributed by atoms with Gasteiger partial charge in [0.2, 0.25) is 5.88 Å². The Bertz CT molecular complexity index is 1050. The smallest absolute Gasteiger partial charge is 0.219 e. The van der Waals surface area contributed by atoms with Gasteiger partial charge in [-0.1, -0.05) is 32.9 Å². The number of benzene rings is 1. The molecule has 154 valence electrons. The lowest BCUT2D eigenvalue weighted by Gasteiger charge is -2.27. The lowest BCUT2D eigenvalue weighted by molar-refractivity contribution is 0.210. The Hall–Kier alpha value is -3.63. The molecule has 1 aromatic carbocycles. The van der Waals surface area contributed by atoms with Gasteiger partial charge in [-0.15, -0.1) is 0 Å². The van der Waals surface area contributed by atoms with Crippen molar-refractivity contribution in [2.45, 2.75) is 20.8 Å². The molecule has 0 spiro atoms. The SMILES string of the molecule is CNc1nc(-c2cccc(Oc3ccc(C#N)cn3)c2)ccc1N(O)CC(C)(C)C. The molecule has 2 heterocycles. The number of aromatic nitrogens is 2. The van der Waals surface area contributed by atoms with Gasteiger partial charge in [0.05, 0.1) is 17.8 Å². The molecule has 0 atom stereocenters. The second kappa shape index (κ2) is 8.80. The van der Waals surface area contributed by atoms with Crippen molar-refractivity contribution < 1.29 is 9.94 Å². The highest BCUT2D eigenvalue weighted by Crippen LogP contribution is 2.31. The summed E-state index contributed by atoms with van der Waals surface area (Å²) in [5.74, 6) is 1.60. The van der Waals surface area contributed by atoms with Gasteiger partial charge in [-0.25, -0.2) is 9.97 Å². The first kappa shape index (κ1) is 21.1. The van der Waals surface area contributed by atoms with Crippen molar-refractivity contribution in [2.24, 2.45) is 5.41 Å². The van der Waals surface area contributed by atoms with Crippen molar-refractivity contribution >= 4 is 11.5 Å². The fourth-order valence-electron chi connectivity index (χ4n) is 2.89. The molecule has 3 rings (SSSR count). The van der Waals surface area contributed by atoms with Crippen molar-refractivity contribution in [1.29, 1.82) is 5.26 Å². The highest BCUT2D eigenvalue weighted by atomic mass is 16.5. The summed E-state index contributed by atoms with van der Waals surface area (Å²) in [5, 5.41) is 23.6. The lowest BCUT2D eigenvalue weighted by atomic mass is 9.96. The van der Waals surface area contributed by atoms with Gasteiger partial charge in [-0.2, -0.15) is 5.26 Å². The Balaban J connectivity index is 1.85. The van der Waals surface area contributed by atoms with Crippen LogP contribution in [0.25, 0.3) is 11.3 Å². The van der Waals surface area contributed by atoms with Crippen LogP contribution in [0.4, 0.5) is 11.5 Å². The molecule has 7 nitrogen and oxygen atoms in total. The summed E-state index contributed by atoms with van der Waals surface area (Å²) >= 11 is 0. The normalized spacial score (nSPS) is 10.9. The number of hydrogen-bond acceptors (Lipinski definition) is 7. The number of anilines is 2. The van der Waals surface area contributed by atoms with Crippen LogP contribution in [0.15, 0.2) is 54.7 Å². The third-order valence-corrected chi connectivity index (χ3v) is 4.23. The molecule has 0 bridgehead atoms. The van der Waals surface area contributed by atoms with E-state index in [1.165, 1.54) is 11.3 Å². The van der Waals surface area contributed by atoms with E-state index in [4.69, 9.17) is 10.00 Å². The zero-order valence-electron chi connectivity index (χ0n) is 17.5. The summed E-state index contributed by atoms with van der Waals surface area (Å²) in [6, 6.07) is 16.6. The van der Waals surface area contributed by atoms with Gasteiger partial charge < -0.3 is 10.1 Å². The molecule has 0 saturated carbocycles. The Morgan fingerprint density at radius 2 is 1.97 bits per heavy atom. The van der Waals surface area contributed by atoms with E-state index < -0.39 is 0 Å². The largest absolute Gasteiger partial charge is 0.439 e. The second-order valence-corrected chi connectivity index (χ2v) is 8.06. The zero-order chi connectivity index (χ0) is 21.7. The number of nitrogens with one attached hydrogen (secondary N) is 1. The van der Waals surface area contributed by atoms with E-state index in [-0.39, 0.29) is 5.41 Å². The van der Waals surface area contributed by atoms with Crippen LogP contribution in [-0.4, -0.2) is 28.8 Å². The summed E-state index contributed by atoms with van der Waals surface area (Å²) in [4.78, 5) is 8.79. The number of pyridine rings is 2. The van der Waals surface area contributed by atoms with Crippen LogP contribution in [0.1, 0.15) is 26.3 Å². The molecule has 0 amide bonds. The van der Waals surface area contributed by atoms with Crippen molar-refractivity contribution in [2.75, 3.05) is 24.0 Å². The van der Waals surface area contributed by atoms with Crippen molar-refractivity contribution in [3.8, 4) is 29.0 Å². The predicted molar refractivity (Wildman–Crippen MR) is 117 cm³/mol. The fourth-order valence-corrected chi connectivity index (χ4v) is 2.89. The minimum atomic E-state index is -0.0659. The van der Waals surface area contributed by atoms with E-state index in [2.05, 4.69) is 36.1 Å². The first-order chi connectivity index (χ1) is 14.3. The molecule has 0 aliphatic carbocycles. The first-order valence-corrected chi connectivity index (χ1v) is 9.59. The number of nitriles is 1. The van der Waals surface area contributed by atoms with Crippen LogP contribution in [0, 0.1) is 16.7 Å². The third-order valence-electron chi connectivity index (χ3n) is 4.23. The molecular formula is C23H25N5O2. The molecule has 0 aliphatic heterocycles. The number of hydroxylamine groups is 1. The number of hydrogen-bond donors (Lipinski definition) is 2. The maximum Gasteiger partial charge on any atom is 0.219 e. The van der Waals surface area contributed by atoms with E-state index in [1.807, 2.05) is 42.5 Å². The Morgan fingerprint density at radius 1 is 1.17 bits per heavy atom. The standard InChI is InChI=1S/C23H25N5O2/c1-23(2,3)15-28(29)20-10-9-19(27-22(20)25-4)17-6-5-7-18(12-17)30-21-11-8-16(13-24)14-26-21/h5-12,14,29H,15H2,1-4H3,(H,25,27). The summed E-state index contributed by atoms with van der Waals surface area (Å²) in [6.45, 7) is 6.66. The van der Waals surface area contributed by atoms with Crippen molar-refractivity contribution in [3.05, 3.63) is 60.3 Å². The molecular weight excluding hydrogens is 378 g/mol. The zero-order valence-corrected chi connectivity index (χ0v) is 17.5. The highest BCUT2D eigenvalue weighted by molar-refractivity contribution is 5.71. The van der Waals surface area contributed by atoms with Gasteiger partial charge >= 0.3 is 0 Å². The van der Waals surface area contributed by atoms with Crippen LogP contribution in [-0.2, 0) is 0 Å². The quantitative estimate of drug-likeness (QED) is 0.554. The number of nitrogens with zero attached hydrogens (tertiary/aromatic N) is 4. The van der Waals surface area contributed by atoms with Gasteiger partial charge in [0.25, 0.3) is 0 Å². The minimum Gasteiger partial charge on any atom is -0.439 e. The maximum absolute atomic E-state index is 10.5. The third kappa shape index (κ3) is 5.25. The molecule has 0 saturated heterocycles. The van der Waals surface area contributed by atoms with Crippen LogP contribution in [0.2, 0.25) is 0 Å². The van der Waals surface area contributed by atoms with E-state index in [1.54, 1.807) is 19.2 Å². The minimum absolute atomic E-state index is 0.0659. The molecule has 2 aromatic heterocycles. The van der Waals surface area contributed by atoms with Gasteiger partial charge in [-0.05, 0) is 35.7 Å². The summed E-state index contributed by atoms with van der Waals surface area (Å²) < 4.78 is 5.80. The van der Waals surface area contributed by atoms with E-state index in [0.717, 1.165) is 11.3 Å². The van der Waals surface area contributed by atoms with Gasteiger partial charge in [0, 0.05) is 24.9 Å². The van der Waals surface area contributed by atoms with Crippen molar-refractivity contribution in [3.63, 3.8) is 0 Å². The number of ether oxygens (including phenoxy) is 1. The Labute approximate surface area is 176 Å². The molecule has 0 radical (unpaired) electrons. The fraction of sp³-hybridized carbons (Fsp3) is 0.261. The summed E-state index contributed by atoms with van der Waals surface area (Å²) in [6.07, 6.45) is 1.47. The van der Waals surface area contributed by atoms with E-state index in [0.29, 0.717) is 35.2 Å². The van der Waals surface area contributed by atoms with Crippen LogP contribution in [0.3, 0.4) is 0 Å². The van der Waals surface area contributed by atoms with Crippen LogP contribution in [0.5, 0.6) is 11.6 Å². The predicted octanol–water partition coefficient (Wildman–Crippen LogP) is 5.09. The highest BCUT2D eigenvalue weighted by Gasteiger charge is 2.19. The molecule has 30 heavy (non-hydrogen) atoms. The van der Waals surface area contributed by atoms with Gasteiger partial charge in [0.15, 0.2) is 5.82 Å². The number of rotatable bonds is 6. The van der Waals surface area contributed by atoms with E-state index in [9.17, 15) is 5.21 Å². The second-order valence-electron chi connectivity index (χ2n) is 8.06. The lowest BCUT2D eigenvalue weighted by Crippen LogP contribution is -2.30. The van der Waals surface area contributed by atoms with Crippen LogP contribution < -0.4 is 15.1 Å². The van der Waals surface area contributed by atoms with Gasteiger partial charge in [0.1, 0.15) is 17.5 Å². The summed E-state index contributed by atoms with van der Waals surface area (Å²) in [5.41, 5.74) is 2.63. The average molecular weight is 403 g/mol. The van der Waals surface area contributed by atoms with Crippen LogP contribution >= 0.6 is 0 Å². The summed E-state index contributed by atoms with van der Waals surface area (Å²) in [7, 11) is 1.77. The molecule has 0 aliphatic rings. The monoisotopic (exact) mass is 403 g/mol. The Kier molecular flexibility index (Phi) is 6.19. The Morgan fingerprint density at radius 3 is 2.60 bits per heavy atom.